The maximum Gasteiger partial charge on any atom is 0.491 e. The number of ether oxygens (including phenoxy) is 2. The molecule has 198 valence electrons. The molecule has 0 N–H and O–H groups in total. The average Bonchev–Trinajstić information content (AvgIpc) is 3.25. The summed E-state index contributed by atoms with van der Waals surface area (Å²) in [5, 5.41) is 0.291. The van der Waals surface area contributed by atoms with Gasteiger partial charge in [0.05, 0.1) is 23.8 Å². The molecular weight excluding hydrogens is 630 g/mol. The lowest BCUT2D eigenvalue weighted by molar-refractivity contribution is -0.190. The molecule has 1 aliphatic heterocycles. The zero-order chi connectivity index (χ0) is 27.2. The smallest absolute Gasteiger partial charge is 0.463 e. The first-order chi connectivity index (χ1) is 17.9. The van der Waals surface area contributed by atoms with E-state index < -0.39 is 54.7 Å². The third kappa shape index (κ3) is 4.96. The predicted octanol–water partition coefficient (Wildman–Crippen LogP) is 4.88. The Morgan fingerprint density at radius 3 is 2.66 bits per heavy atom. The van der Waals surface area contributed by atoms with Crippen LogP contribution in [0.2, 0.25) is 0 Å². The van der Waals surface area contributed by atoms with Gasteiger partial charge in [0.1, 0.15) is 9.35 Å². The molecule has 0 spiro atoms. The van der Waals surface area contributed by atoms with E-state index in [0.717, 1.165) is 14.7 Å². The number of hydrogen-bond acceptors (Lipinski definition) is 6. The van der Waals surface area contributed by atoms with Gasteiger partial charge in [0.25, 0.3) is 17.7 Å². The number of likely N-dealkylation sites (tertiary alicyclic amines) is 1. The summed E-state index contributed by atoms with van der Waals surface area (Å²) in [6.45, 7) is -0.905. The first-order valence-corrected chi connectivity index (χ1v) is 12.2. The normalized spacial score (nSPS) is 17.5. The molecule has 1 aromatic carbocycles. The number of pyridine rings is 2. The highest BCUT2D eigenvalue weighted by molar-refractivity contribution is 14.1. The first-order valence-electron chi connectivity index (χ1n) is 11.1. The Morgan fingerprint density at radius 2 is 1.89 bits per heavy atom. The Hall–Kier alpha value is -3.56. The van der Waals surface area contributed by atoms with Crippen molar-refractivity contribution in [2.24, 2.45) is 0 Å². The SMILES string of the molecule is O=C(c1cccn2c(I)cnc12)N1CCC(F)(F)[C@@H](Oc2nc3ccccc3cc2OC(=O)C(F)(F)F)C1. The fourth-order valence-corrected chi connectivity index (χ4v) is 4.55. The van der Waals surface area contributed by atoms with Crippen molar-refractivity contribution in [1.82, 2.24) is 19.3 Å². The van der Waals surface area contributed by atoms with Gasteiger partial charge in [0.2, 0.25) is 0 Å². The highest BCUT2D eigenvalue weighted by Crippen LogP contribution is 2.37. The number of carbonyl (C=O) groups is 2. The van der Waals surface area contributed by atoms with Gasteiger partial charge in [0, 0.05) is 24.5 Å². The van der Waals surface area contributed by atoms with Gasteiger partial charge in [-0.15, -0.1) is 0 Å². The summed E-state index contributed by atoms with van der Waals surface area (Å²) >= 11 is 2.03. The van der Waals surface area contributed by atoms with Crippen molar-refractivity contribution < 1.29 is 41.0 Å². The van der Waals surface area contributed by atoms with Crippen molar-refractivity contribution in [2.45, 2.75) is 24.6 Å². The zero-order valence-corrected chi connectivity index (χ0v) is 21.2. The van der Waals surface area contributed by atoms with Gasteiger partial charge in [-0.1, -0.05) is 18.2 Å². The van der Waals surface area contributed by atoms with Gasteiger partial charge in [-0.25, -0.2) is 23.5 Å². The molecule has 0 radical (unpaired) electrons. The van der Waals surface area contributed by atoms with Crippen LogP contribution in [-0.4, -0.2) is 62.4 Å². The summed E-state index contributed by atoms with van der Waals surface area (Å²) in [6.07, 6.45) is -4.85. The van der Waals surface area contributed by atoms with Crippen LogP contribution in [0.4, 0.5) is 22.0 Å². The van der Waals surface area contributed by atoms with E-state index in [1.807, 2.05) is 22.6 Å². The minimum absolute atomic E-state index is 0.183. The number of aromatic nitrogens is 3. The molecule has 0 bridgehead atoms. The lowest BCUT2D eigenvalue weighted by Crippen LogP contribution is -2.55. The van der Waals surface area contributed by atoms with Crippen molar-refractivity contribution in [2.75, 3.05) is 13.1 Å². The zero-order valence-electron chi connectivity index (χ0n) is 19.1. The highest BCUT2D eigenvalue weighted by atomic mass is 127. The Balaban J connectivity index is 1.46. The van der Waals surface area contributed by atoms with Crippen LogP contribution in [0.5, 0.6) is 11.6 Å². The third-order valence-electron chi connectivity index (χ3n) is 5.92. The number of carbonyl (C=O) groups excluding carboxylic acids is 2. The molecule has 1 amide bonds. The number of alkyl halides is 5. The molecular formula is C24H16F5IN4O4. The first kappa shape index (κ1) is 26.1. The number of para-hydroxylation sites is 1. The topological polar surface area (TPSA) is 86.0 Å². The molecule has 1 fully saturated rings. The van der Waals surface area contributed by atoms with E-state index in [2.05, 4.69) is 14.7 Å². The van der Waals surface area contributed by atoms with E-state index in [0.29, 0.717) is 11.0 Å². The number of piperidine rings is 1. The van der Waals surface area contributed by atoms with Gasteiger partial charge >= 0.3 is 12.1 Å². The van der Waals surface area contributed by atoms with Crippen LogP contribution >= 0.6 is 22.6 Å². The van der Waals surface area contributed by atoms with Crippen LogP contribution < -0.4 is 9.47 Å². The number of rotatable bonds is 4. The molecule has 8 nitrogen and oxygen atoms in total. The molecule has 1 aliphatic rings. The Kier molecular flexibility index (Phi) is 6.61. The standard InChI is InChI=1S/C24H16F5IN4O4/c25-23(26)7-9-33(21(35)14-5-3-8-34-18(30)11-31-19(14)34)12-17(23)38-20-16(37-22(36)24(27,28)29)10-13-4-1-2-6-15(13)32-20/h1-6,8,10-11,17H,7,9,12H2/t17-/m0/s1. The average molecular weight is 646 g/mol. The molecule has 5 rings (SSSR count). The fourth-order valence-electron chi connectivity index (χ4n) is 4.03. The number of halogens is 6. The summed E-state index contributed by atoms with van der Waals surface area (Å²) in [5.74, 6) is -8.11. The second-order valence-electron chi connectivity index (χ2n) is 8.44. The van der Waals surface area contributed by atoms with Crippen LogP contribution in [0.15, 0.2) is 54.9 Å². The predicted molar refractivity (Wildman–Crippen MR) is 131 cm³/mol. The largest absolute Gasteiger partial charge is 0.491 e. The molecule has 14 heteroatoms. The maximum absolute atomic E-state index is 15.0. The third-order valence-corrected chi connectivity index (χ3v) is 6.72. The summed E-state index contributed by atoms with van der Waals surface area (Å²) in [7, 11) is 0. The number of benzene rings is 1. The van der Waals surface area contributed by atoms with E-state index >= 15 is 0 Å². The van der Waals surface area contributed by atoms with Gasteiger partial charge < -0.3 is 14.4 Å². The highest BCUT2D eigenvalue weighted by Gasteiger charge is 2.48. The Labute approximate surface area is 224 Å². The van der Waals surface area contributed by atoms with Gasteiger partial charge in [-0.3, -0.25) is 9.20 Å². The molecule has 3 aromatic heterocycles. The van der Waals surface area contributed by atoms with Crippen molar-refractivity contribution in [3.63, 3.8) is 0 Å². The molecule has 1 saturated heterocycles. The van der Waals surface area contributed by atoms with E-state index in [1.165, 1.54) is 18.2 Å². The Morgan fingerprint density at radius 1 is 1.13 bits per heavy atom. The molecule has 0 saturated carbocycles. The molecule has 4 heterocycles. The lowest BCUT2D eigenvalue weighted by atomic mass is 10.0. The van der Waals surface area contributed by atoms with Crippen molar-refractivity contribution in [1.29, 1.82) is 0 Å². The van der Waals surface area contributed by atoms with E-state index in [9.17, 15) is 31.5 Å². The van der Waals surface area contributed by atoms with Gasteiger partial charge in [-0.2, -0.15) is 13.2 Å². The van der Waals surface area contributed by atoms with E-state index in [4.69, 9.17) is 4.74 Å². The molecule has 38 heavy (non-hydrogen) atoms. The van der Waals surface area contributed by atoms with Crippen molar-refractivity contribution >= 4 is 51.0 Å². The summed E-state index contributed by atoms with van der Waals surface area (Å²) in [4.78, 5) is 34.2. The molecule has 0 unspecified atom stereocenters. The summed E-state index contributed by atoms with van der Waals surface area (Å²) < 4.78 is 80.8. The van der Waals surface area contributed by atoms with Gasteiger partial charge in [0.15, 0.2) is 11.9 Å². The number of amides is 1. The second-order valence-corrected chi connectivity index (χ2v) is 9.54. The number of nitrogens with zero attached hydrogens (tertiary/aromatic N) is 4. The number of fused-ring (bicyclic) bond motifs is 2. The maximum atomic E-state index is 15.0. The van der Waals surface area contributed by atoms with E-state index in [-0.39, 0.29) is 17.6 Å². The summed E-state index contributed by atoms with van der Waals surface area (Å²) in [5.41, 5.74) is 0.735. The van der Waals surface area contributed by atoms with Crippen LogP contribution in [0.1, 0.15) is 16.8 Å². The van der Waals surface area contributed by atoms with E-state index in [1.54, 1.807) is 35.0 Å². The van der Waals surface area contributed by atoms with Gasteiger partial charge in [-0.05, 0) is 46.9 Å². The van der Waals surface area contributed by atoms with Crippen LogP contribution in [-0.2, 0) is 4.79 Å². The lowest BCUT2D eigenvalue weighted by Gasteiger charge is -2.38. The molecule has 1 atom stereocenters. The van der Waals surface area contributed by atoms with Crippen LogP contribution in [0, 0.1) is 3.70 Å². The molecule has 4 aromatic rings. The Bertz CT molecular complexity index is 1560. The second kappa shape index (κ2) is 9.63. The number of hydrogen-bond donors (Lipinski definition) is 0. The minimum Gasteiger partial charge on any atom is -0.463 e. The molecule has 0 aliphatic carbocycles. The number of imidazole rings is 1. The minimum atomic E-state index is -5.34. The van der Waals surface area contributed by atoms with Crippen molar-refractivity contribution in [3.05, 3.63) is 64.1 Å². The number of esters is 1. The monoisotopic (exact) mass is 646 g/mol. The summed E-state index contributed by atoms with van der Waals surface area (Å²) in [6, 6.07) is 10.3. The fraction of sp³-hybridized carbons (Fsp3) is 0.250. The van der Waals surface area contributed by atoms with Crippen LogP contribution in [0.3, 0.4) is 0 Å². The van der Waals surface area contributed by atoms with Crippen LogP contribution in [0.25, 0.3) is 16.6 Å². The quantitative estimate of drug-likeness (QED) is 0.179. The van der Waals surface area contributed by atoms with Crippen molar-refractivity contribution in [3.8, 4) is 11.6 Å².